The molecular weight excluding hydrogens is 122 g/mol. The second kappa shape index (κ2) is 2.99. The normalized spacial score (nSPS) is 27.4. The molecule has 1 heterocycles. The quantitative estimate of drug-likeness (QED) is 0.531. The van der Waals surface area contributed by atoms with Gasteiger partial charge < -0.3 is 10.4 Å². The van der Waals surface area contributed by atoms with E-state index in [0.717, 1.165) is 5.75 Å². The maximum Gasteiger partial charge on any atom is 0.0640 e. The molecule has 2 nitrogen and oxygen atoms in total. The first-order valence-electron chi connectivity index (χ1n) is 2.57. The Balaban J connectivity index is 2.27. The first-order chi connectivity index (χ1) is 3.93. The van der Waals surface area contributed by atoms with Crippen molar-refractivity contribution in [2.75, 3.05) is 12.4 Å². The molecule has 0 radical (unpaired) electrons. The second-order valence-corrected chi connectivity index (χ2v) is 2.62. The third-order valence-corrected chi connectivity index (χ3v) is 1.94. The van der Waals surface area contributed by atoms with E-state index in [4.69, 9.17) is 5.11 Å². The third-order valence-electron chi connectivity index (χ3n) is 1.01. The van der Waals surface area contributed by atoms with Crippen LogP contribution in [0.3, 0.4) is 0 Å². The van der Waals surface area contributed by atoms with E-state index in [1.807, 2.05) is 11.6 Å². The van der Waals surface area contributed by atoms with Gasteiger partial charge in [0.25, 0.3) is 0 Å². The van der Waals surface area contributed by atoms with Crippen molar-refractivity contribution in [3.05, 3.63) is 11.6 Å². The molecule has 0 aromatic heterocycles. The van der Waals surface area contributed by atoms with Gasteiger partial charge in [0.2, 0.25) is 0 Å². The van der Waals surface area contributed by atoms with Crippen LogP contribution in [0.25, 0.3) is 0 Å². The Morgan fingerprint density at radius 3 is 3.12 bits per heavy atom. The molecule has 0 saturated heterocycles. The Morgan fingerprint density at radius 1 is 1.88 bits per heavy atom. The third kappa shape index (κ3) is 1.42. The fourth-order valence-corrected chi connectivity index (χ4v) is 1.27. The van der Waals surface area contributed by atoms with Crippen LogP contribution in [-0.2, 0) is 0 Å². The van der Waals surface area contributed by atoms with Gasteiger partial charge in [-0.25, -0.2) is 0 Å². The number of hydrogen-bond acceptors (Lipinski definition) is 3. The van der Waals surface area contributed by atoms with Gasteiger partial charge in [-0.05, 0) is 5.41 Å². The number of aliphatic hydroxyl groups is 1. The molecule has 3 heteroatoms. The average Bonchev–Trinajstić information content (AvgIpc) is 1.90. The molecule has 1 aliphatic rings. The van der Waals surface area contributed by atoms with Crippen molar-refractivity contribution in [2.45, 2.75) is 6.04 Å². The molecular formula is C5H9NOS. The van der Waals surface area contributed by atoms with Crippen molar-refractivity contribution < 1.29 is 5.11 Å². The highest BCUT2D eigenvalue weighted by Crippen LogP contribution is 2.07. The Labute approximate surface area is 53.0 Å². The Hall–Kier alpha value is -0.150. The van der Waals surface area contributed by atoms with Gasteiger partial charge in [0.1, 0.15) is 0 Å². The zero-order valence-corrected chi connectivity index (χ0v) is 5.32. The van der Waals surface area contributed by atoms with Crippen molar-refractivity contribution >= 4 is 11.8 Å². The van der Waals surface area contributed by atoms with Crippen molar-refractivity contribution in [3.63, 3.8) is 0 Å². The molecule has 0 aromatic carbocycles. The van der Waals surface area contributed by atoms with Crippen molar-refractivity contribution in [3.8, 4) is 0 Å². The molecule has 0 bridgehead atoms. The van der Waals surface area contributed by atoms with Gasteiger partial charge in [-0.1, -0.05) is 0 Å². The molecule has 8 heavy (non-hydrogen) atoms. The fourth-order valence-electron chi connectivity index (χ4n) is 0.549. The minimum atomic E-state index is 0.233. The van der Waals surface area contributed by atoms with Gasteiger partial charge in [-0.3, -0.25) is 0 Å². The van der Waals surface area contributed by atoms with Gasteiger partial charge in [0.15, 0.2) is 0 Å². The first kappa shape index (κ1) is 5.98. The summed E-state index contributed by atoms with van der Waals surface area (Å²) in [6.07, 6.45) is 1.87. The molecule has 0 aliphatic carbocycles. The van der Waals surface area contributed by atoms with E-state index < -0.39 is 0 Å². The highest BCUT2D eigenvalue weighted by atomic mass is 32.2. The summed E-state index contributed by atoms with van der Waals surface area (Å²) in [5.74, 6) is 0.979. The number of aliphatic hydroxyl groups excluding tert-OH is 1. The van der Waals surface area contributed by atoms with Crippen LogP contribution in [0.2, 0.25) is 0 Å². The highest BCUT2D eigenvalue weighted by molar-refractivity contribution is 8.02. The molecule has 1 rings (SSSR count). The summed E-state index contributed by atoms with van der Waals surface area (Å²) in [5.41, 5.74) is 0. The summed E-state index contributed by atoms with van der Waals surface area (Å²) in [6, 6.07) is 0.269. The second-order valence-electron chi connectivity index (χ2n) is 1.68. The van der Waals surface area contributed by atoms with Crippen molar-refractivity contribution in [1.29, 1.82) is 0 Å². The predicted octanol–water partition coefficient (Wildman–Crippen LogP) is 0.155. The zero-order chi connectivity index (χ0) is 5.82. The van der Waals surface area contributed by atoms with Gasteiger partial charge in [-0.15, -0.1) is 11.8 Å². The molecule has 0 saturated carbocycles. The van der Waals surface area contributed by atoms with E-state index >= 15 is 0 Å². The minimum Gasteiger partial charge on any atom is -0.394 e. The van der Waals surface area contributed by atoms with Crippen LogP contribution in [0, 0.1) is 0 Å². The molecule has 2 N–H and O–H groups in total. The largest absolute Gasteiger partial charge is 0.394 e. The van der Waals surface area contributed by atoms with E-state index in [9.17, 15) is 0 Å². The maximum atomic E-state index is 8.58. The van der Waals surface area contributed by atoms with Crippen LogP contribution in [0.1, 0.15) is 0 Å². The molecule has 0 spiro atoms. The van der Waals surface area contributed by atoms with Gasteiger partial charge in [0.05, 0.1) is 12.6 Å². The molecule has 1 unspecified atom stereocenters. The van der Waals surface area contributed by atoms with Gasteiger partial charge in [0, 0.05) is 12.0 Å². The lowest BCUT2D eigenvalue weighted by molar-refractivity contribution is 0.263. The molecule has 0 amide bonds. The smallest absolute Gasteiger partial charge is 0.0640 e. The van der Waals surface area contributed by atoms with Crippen LogP contribution in [0.15, 0.2) is 11.6 Å². The van der Waals surface area contributed by atoms with Crippen molar-refractivity contribution in [2.24, 2.45) is 0 Å². The SMILES string of the molecule is OCC1CSC=CN1. The zero-order valence-electron chi connectivity index (χ0n) is 4.50. The highest BCUT2D eigenvalue weighted by Gasteiger charge is 2.05. The van der Waals surface area contributed by atoms with Crippen LogP contribution in [0.5, 0.6) is 0 Å². The van der Waals surface area contributed by atoms with E-state index in [1.165, 1.54) is 0 Å². The first-order valence-corrected chi connectivity index (χ1v) is 3.62. The van der Waals surface area contributed by atoms with Crippen molar-refractivity contribution in [1.82, 2.24) is 5.32 Å². The molecule has 46 valence electrons. The average molecular weight is 131 g/mol. The predicted molar refractivity (Wildman–Crippen MR) is 35.6 cm³/mol. The van der Waals surface area contributed by atoms with Gasteiger partial charge >= 0.3 is 0 Å². The maximum absolute atomic E-state index is 8.58. The van der Waals surface area contributed by atoms with E-state index in [0.29, 0.717) is 0 Å². The number of hydrogen-bond donors (Lipinski definition) is 2. The summed E-state index contributed by atoms with van der Waals surface area (Å²) in [6.45, 7) is 0.233. The monoisotopic (exact) mass is 131 g/mol. The lowest BCUT2D eigenvalue weighted by Gasteiger charge is -2.15. The summed E-state index contributed by atoms with van der Waals surface area (Å²) in [5, 5.41) is 13.6. The van der Waals surface area contributed by atoms with E-state index in [1.54, 1.807) is 11.8 Å². The van der Waals surface area contributed by atoms with Gasteiger partial charge in [-0.2, -0.15) is 0 Å². The van der Waals surface area contributed by atoms with Crippen LogP contribution >= 0.6 is 11.8 Å². The van der Waals surface area contributed by atoms with E-state index in [-0.39, 0.29) is 12.6 Å². The molecule has 1 aliphatic heterocycles. The van der Waals surface area contributed by atoms with Crippen LogP contribution in [0.4, 0.5) is 0 Å². The summed E-state index contributed by atoms with van der Waals surface area (Å²) < 4.78 is 0. The topological polar surface area (TPSA) is 32.3 Å². The summed E-state index contributed by atoms with van der Waals surface area (Å²) in [7, 11) is 0. The van der Waals surface area contributed by atoms with Crippen LogP contribution in [-0.4, -0.2) is 23.5 Å². The molecule has 1 atom stereocenters. The number of rotatable bonds is 1. The van der Waals surface area contributed by atoms with Crippen LogP contribution < -0.4 is 5.32 Å². The molecule has 0 fully saturated rings. The summed E-state index contributed by atoms with van der Waals surface area (Å²) >= 11 is 1.72. The lowest BCUT2D eigenvalue weighted by atomic mass is 10.4. The molecule has 0 aromatic rings. The number of thioether (sulfide) groups is 1. The fraction of sp³-hybridized carbons (Fsp3) is 0.600. The Kier molecular flexibility index (Phi) is 2.24. The standard InChI is InChI=1S/C5H9NOS/c7-3-5-4-8-2-1-6-5/h1-2,5-7H,3-4H2. The lowest BCUT2D eigenvalue weighted by Crippen LogP contribution is -2.32. The summed E-state index contributed by atoms with van der Waals surface area (Å²) in [4.78, 5) is 0. The number of nitrogens with one attached hydrogen (secondary N) is 1. The Bertz CT molecular complexity index is 94.4. The Morgan fingerprint density at radius 2 is 2.75 bits per heavy atom. The minimum absolute atomic E-state index is 0.233. The van der Waals surface area contributed by atoms with E-state index in [2.05, 4.69) is 5.32 Å².